The van der Waals surface area contributed by atoms with Crippen molar-refractivity contribution >= 4 is 28.6 Å². The molecule has 1 fully saturated rings. The van der Waals surface area contributed by atoms with Crippen molar-refractivity contribution in [3.8, 4) is 5.69 Å². The number of rotatable bonds is 5. The van der Waals surface area contributed by atoms with Crippen molar-refractivity contribution in [1.29, 1.82) is 0 Å². The lowest BCUT2D eigenvalue weighted by molar-refractivity contribution is -0.119. The van der Waals surface area contributed by atoms with Gasteiger partial charge in [-0.3, -0.25) is 14.2 Å². The van der Waals surface area contributed by atoms with Gasteiger partial charge in [-0.15, -0.1) is 0 Å². The van der Waals surface area contributed by atoms with Gasteiger partial charge in [-0.2, -0.15) is 0 Å². The normalized spacial score (nSPS) is 19.0. The van der Waals surface area contributed by atoms with E-state index in [0.717, 1.165) is 24.1 Å². The molecule has 1 amide bonds. The molecule has 6 heteroatoms. The summed E-state index contributed by atoms with van der Waals surface area (Å²) in [5, 5.41) is 4.29. The van der Waals surface area contributed by atoms with Crippen molar-refractivity contribution in [2.24, 2.45) is 5.92 Å². The molecule has 1 heterocycles. The third kappa shape index (κ3) is 4.43. The van der Waals surface area contributed by atoms with Crippen LogP contribution in [0.4, 0.5) is 0 Å². The quantitative estimate of drug-likeness (QED) is 0.487. The Hall–Kier alpha value is -2.60. The molecule has 0 bridgehead atoms. The number of benzene rings is 2. The number of aryl methyl sites for hydroxylation is 1. The van der Waals surface area contributed by atoms with Gasteiger partial charge in [-0.05, 0) is 49.9 Å². The van der Waals surface area contributed by atoms with Crippen LogP contribution in [0.25, 0.3) is 16.6 Å². The molecule has 0 spiro atoms. The summed E-state index contributed by atoms with van der Waals surface area (Å²) in [6.07, 6.45) is 4.62. The Kier molecular flexibility index (Phi) is 6.23. The van der Waals surface area contributed by atoms with E-state index in [1.807, 2.05) is 49.4 Å². The van der Waals surface area contributed by atoms with Crippen molar-refractivity contribution in [2.75, 3.05) is 5.75 Å². The van der Waals surface area contributed by atoms with Crippen molar-refractivity contribution in [2.45, 2.75) is 50.7 Å². The third-order valence-electron chi connectivity index (χ3n) is 5.83. The molecule has 2 atom stereocenters. The number of amides is 1. The van der Waals surface area contributed by atoms with Crippen LogP contribution < -0.4 is 10.9 Å². The second kappa shape index (κ2) is 9.04. The van der Waals surface area contributed by atoms with Crippen molar-refractivity contribution < 1.29 is 4.79 Å². The highest BCUT2D eigenvalue weighted by Crippen LogP contribution is 2.25. The fraction of sp³-hybridized carbons (Fsp3) is 0.375. The average Bonchev–Trinajstić information content (AvgIpc) is 2.75. The molecule has 4 rings (SSSR count). The Morgan fingerprint density at radius 2 is 1.87 bits per heavy atom. The van der Waals surface area contributed by atoms with Crippen molar-refractivity contribution in [3.63, 3.8) is 0 Å². The van der Waals surface area contributed by atoms with Crippen LogP contribution in [-0.4, -0.2) is 27.3 Å². The van der Waals surface area contributed by atoms with E-state index in [9.17, 15) is 9.59 Å². The topological polar surface area (TPSA) is 64.0 Å². The molecule has 1 aromatic heterocycles. The summed E-state index contributed by atoms with van der Waals surface area (Å²) >= 11 is 1.31. The SMILES string of the molecule is Cc1ccc(-n2c(SCC(=O)N[C@H]3CCCC[C@@H]3C)nc3ccccc3c2=O)cc1. The molecule has 2 aromatic carbocycles. The number of nitrogens with one attached hydrogen (secondary N) is 1. The Bertz CT molecular complexity index is 1110. The molecule has 1 aliphatic carbocycles. The van der Waals surface area contributed by atoms with E-state index in [1.165, 1.54) is 24.6 Å². The Labute approximate surface area is 180 Å². The summed E-state index contributed by atoms with van der Waals surface area (Å²) < 4.78 is 1.61. The number of carbonyl (C=O) groups excluding carboxylic acids is 1. The highest BCUT2D eigenvalue weighted by atomic mass is 32.2. The van der Waals surface area contributed by atoms with Gasteiger partial charge in [-0.25, -0.2) is 4.98 Å². The van der Waals surface area contributed by atoms with Crippen LogP contribution in [0.3, 0.4) is 0 Å². The van der Waals surface area contributed by atoms with E-state index in [0.29, 0.717) is 22.0 Å². The van der Waals surface area contributed by atoms with Gasteiger partial charge in [0.05, 0.1) is 22.3 Å². The molecular formula is C24H27N3O2S. The van der Waals surface area contributed by atoms with Crippen molar-refractivity contribution in [1.82, 2.24) is 14.9 Å². The van der Waals surface area contributed by atoms with Gasteiger partial charge in [-0.1, -0.05) is 61.4 Å². The minimum absolute atomic E-state index is 0.00314. The second-order valence-electron chi connectivity index (χ2n) is 8.11. The summed E-state index contributed by atoms with van der Waals surface area (Å²) in [5.74, 6) is 0.744. The molecular weight excluding hydrogens is 394 g/mol. The van der Waals surface area contributed by atoms with E-state index in [-0.39, 0.29) is 23.3 Å². The van der Waals surface area contributed by atoms with Crippen LogP contribution in [0.5, 0.6) is 0 Å². The molecule has 3 aromatic rings. The maximum atomic E-state index is 13.2. The molecule has 156 valence electrons. The first-order chi connectivity index (χ1) is 14.5. The molecule has 1 N–H and O–H groups in total. The van der Waals surface area contributed by atoms with Gasteiger partial charge in [0, 0.05) is 6.04 Å². The Morgan fingerprint density at radius 1 is 1.13 bits per heavy atom. The monoisotopic (exact) mass is 421 g/mol. The van der Waals surface area contributed by atoms with Gasteiger partial charge in [0.1, 0.15) is 0 Å². The van der Waals surface area contributed by atoms with Crippen LogP contribution in [0.15, 0.2) is 58.5 Å². The van der Waals surface area contributed by atoms with Crippen LogP contribution in [0, 0.1) is 12.8 Å². The minimum atomic E-state index is -0.117. The second-order valence-corrected chi connectivity index (χ2v) is 9.05. The molecule has 0 radical (unpaired) electrons. The predicted molar refractivity (Wildman–Crippen MR) is 122 cm³/mol. The fourth-order valence-electron chi connectivity index (χ4n) is 4.04. The molecule has 0 aliphatic heterocycles. The molecule has 0 unspecified atom stereocenters. The zero-order valence-corrected chi connectivity index (χ0v) is 18.2. The summed E-state index contributed by atoms with van der Waals surface area (Å²) in [6.45, 7) is 4.22. The number of fused-ring (bicyclic) bond motifs is 1. The number of nitrogens with zero attached hydrogens (tertiary/aromatic N) is 2. The minimum Gasteiger partial charge on any atom is -0.352 e. The number of hydrogen-bond donors (Lipinski definition) is 1. The Morgan fingerprint density at radius 3 is 2.63 bits per heavy atom. The fourth-order valence-corrected chi connectivity index (χ4v) is 4.86. The van der Waals surface area contributed by atoms with Gasteiger partial charge < -0.3 is 5.32 Å². The van der Waals surface area contributed by atoms with Gasteiger partial charge in [0.15, 0.2) is 5.16 Å². The lowest BCUT2D eigenvalue weighted by Crippen LogP contribution is -2.41. The first-order valence-corrected chi connectivity index (χ1v) is 11.5. The van der Waals surface area contributed by atoms with Gasteiger partial charge >= 0.3 is 0 Å². The molecule has 1 saturated carbocycles. The number of aromatic nitrogens is 2. The smallest absolute Gasteiger partial charge is 0.266 e. The summed E-state index contributed by atoms with van der Waals surface area (Å²) in [7, 11) is 0. The molecule has 0 saturated heterocycles. The number of thioether (sulfide) groups is 1. The van der Waals surface area contributed by atoms with Gasteiger partial charge in [0.25, 0.3) is 5.56 Å². The van der Waals surface area contributed by atoms with Gasteiger partial charge in [0.2, 0.25) is 5.91 Å². The highest BCUT2D eigenvalue weighted by Gasteiger charge is 2.23. The predicted octanol–water partition coefficient (Wildman–Crippen LogP) is 4.48. The first kappa shape index (κ1) is 20.7. The maximum Gasteiger partial charge on any atom is 0.266 e. The standard InChI is InChI=1S/C24H27N3O2S/c1-16-11-13-18(14-12-16)27-23(29)19-8-4-6-10-21(19)26-24(27)30-15-22(28)25-20-9-5-3-7-17(20)2/h4,6,8,10-14,17,20H,3,5,7,9,15H2,1-2H3,(H,25,28)/t17-,20-/m0/s1. The zero-order valence-electron chi connectivity index (χ0n) is 17.4. The summed E-state index contributed by atoms with van der Waals surface area (Å²) in [6, 6.07) is 15.4. The first-order valence-electron chi connectivity index (χ1n) is 10.5. The van der Waals surface area contributed by atoms with E-state index in [1.54, 1.807) is 10.6 Å². The number of hydrogen-bond acceptors (Lipinski definition) is 4. The zero-order chi connectivity index (χ0) is 21.1. The van der Waals surface area contributed by atoms with Crippen LogP contribution in [-0.2, 0) is 4.79 Å². The maximum absolute atomic E-state index is 13.2. The molecule has 1 aliphatic rings. The summed E-state index contributed by atoms with van der Waals surface area (Å²) in [4.78, 5) is 30.6. The average molecular weight is 422 g/mol. The van der Waals surface area contributed by atoms with Crippen molar-refractivity contribution in [3.05, 3.63) is 64.4 Å². The Balaban J connectivity index is 1.62. The lowest BCUT2D eigenvalue weighted by atomic mass is 9.86. The van der Waals surface area contributed by atoms with E-state index in [2.05, 4.69) is 12.2 Å². The molecule has 5 nitrogen and oxygen atoms in total. The van der Waals surface area contributed by atoms with E-state index in [4.69, 9.17) is 4.98 Å². The molecule has 30 heavy (non-hydrogen) atoms. The van der Waals surface area contributed by atoms with Crippen LogP contribution in [0.1, 0.15) is 38.2 Å². The summed E-state index contributed by atoms with van der Waals surface area (Å²) in [5.41, 5.74) is 2.41. The van der Waals surface area contributed by atoms with E-state index < -0.39 is 0 Å². The van der Waals surface area contributed by atoms with E-state index >= 15 is 0 Å². The lowest BCUT2D eigenvalue weighted by Gasteiger charge is -2.29. The van der Waals surface area contributed by atoms with Crippen LogP contribution >= 0.6 is 11.8 Å². The largest absolute Gasteiger partial charge is 0.352 e. The number of carbonyl (C=O) groups is 1. The van der Waals surface area contributed by atoms with Crippen LogP contribution in [0.2, 0.25) is 0 Å². The highest BCUT2D eigenvalue weighted by molar-refractivity contribution is 7.99. The third-order valence-corrected chi connectivity index (χ3v) is 6.77. The number of para-hydroxylation sites is 1.